The Balaban J connectivity index is 1.36. The number of nitrogens with zero attached hydrogens (tertiary/aromatic N) is 4. The first kappa shape index (κ1) is 16.6. The fourth-order valence-corrected chi connectivity index (χ4v) is 3.42. The Hall–Kier alpha value is -1.87. The molecule has 0 spiro atoms. The molecular formula is C16H22F2N6O. The number of anilines is 1. The van der Waals surface area contributed by atoms with E-state index < -0.39 is 18.8 Å². The summed E-state index contributed by atoms with van der Waals surface area (Å²) in [6, 6.07) is 0.973. The summed E-state index contributed by atoms with van der Waals surface area (Å²) >= 11 is 0. The highest BCUT2D eigenvalue weighted by atomic mass is 19.3. The lowest BCUT2D eigenvalue weighted by Gasteiger charge is -2.43. The minimum atomic E-state index is -2.54. The van der Waals surface area contributed by atoms with E-state index >= 15 is 0 Å². The number of carbonyl (C=O) groups is 1. The van der Waals surface area contributed by atoms with Crippen molar-refractivity contribution in [1.29, 1.82) is 0 Å². The average molecular weight is 352 g/mol. The third-order valence-corrected chi connectivity index (χ3v) is 5.05. The smallest absolute Gasteiger partial charge is 0.254 e. The van der Waals surface area contributed by atoms with E-state index in [1.54, 1.807) is 6.33 Å². The van der Waals surface area contributed by atoms with Crippen LogP contribution in [-0.2, 0) is 4.79 Å². The van der Waals surface area contributed by atoms with Gasteiger partial charge in [-0.2, -0.15) is 0 Å². The number of piperazine rings is 1. The van der Waals surface area contributed by atoms with Crippen LogP contribution >= 0.6 is 0 Å². The van der Waals surface area contributed by atoms with E-state index in [1.165, 1.54) is 12.8 Å². The van der Waals surface area contributed by atoms with E-state index in [2.05, 4.69) is 31.6 Å². The van der Waals surface area contributed by atoms with Gasteiger partial charge in [-0.15, -0.1) is 0 Å². The number of rotatable bonds is 4. The van der Waals surface area contributed by atoms with Gasteiger partial charge in [0.1, 0.15) is 18.4 Å². The average Bonchev–Trinajstić information content (AvgIpc) is 3.47. The fraction of sp³-hybridized carbons (Fsp3) is 0.688. The van der Waals surface area contributed by atoms with Gasteiger partial charge >= 0.3 is 0 Å². The van der Waals surface area contributed by atoms with Crippen molar-refractivity contribution < 1.29 is 13.6 Å². The summed E-state index contributed by atoms with van der Waals surface area (Å²) in [6.45, 7) is 2.79. The van der Waals surface area contributed by atoms with E-state index in [0.717, 1.165) is 24.6 Å². The molecule has 0 aromatic carbocycles. The number of hydrogen-bond acceptors (Lipinski definition) is 6. The molecule has 0 radical (unpaired) electrons. The Morgan fingerprint density at radius 3 is 2.60 bits per heavy atom. The van der Waals surface area contributed by atoms with Gasteiger partial charge in [-0.1, -0.05) is 0 Å². The van der Waals surface area contributed by atoms with Crippen LogP contribution < -0.4 is 15.5 Å². The Labute approximate surface area is 144 Å². The van der Waals surface area contributed by atoms with Gasteiger partial charge in [-0.3, -0.25) is 15.0 Å². The molecule has 1 aromatic heterocycles. The molecule has 9 heteroatoms. The summed E-state index contributed by atoms with van der Waals surface area (Å²) in [5.41, 5.74) is 1.11. The van der Waals surface area contributed by atoms with Crippen molar-refractivity contribution in [2.75, 3.05) is 31.1 Å². The second kappa shape index (κ2) is 6.80. The number of halogens is 2. The minimum absolute atomic E-state index is 0.182. The number of aromatic nitrogens is 2. The van der Waals surface area contributed by atoms with Crippen molar-refractivity contribution in [2.24, 2.45) is 0 Å². The van der Waals surface area contributed by atoms with Gasteiger partial charge in [-0.05, 0) is 12.8 Å². The summed E-state index contributed by atoms with van der Waals surface area (Å²) in [6.07, 6.45) is 0.752. The lowest BCUT2D eigenvalue weighted by Crippen LogP contribution is -2.67. The monoisotopic (exact) mass is 352 g/mol. The van der Waals surface area contributed by atoms with Crippen LogP contribution in [0.4, 0.5) is 14.6 Å². The maximum absolute atomic E-state index is 12.9. The Bertz CT molecular complexity index is 633. The van der Waals surface area contributed by atoms with Crippen molar-refractivity contribution in [2.45, 2.75) is 43.9 Å². The first-order valence-corrected chi connectivity index (χ1v) is 8.74. The zero-order valence-corrected chi connectivity index (χ0v) is 13.9. The molecule has 136 valence electrons. The Morgan fingerprint density at radius 2 is 1.92 bits per heavy atom. The molecule has 4 rings (SSSR count). The lowest BCUT2D eigenvalue weighted by molar-refractivity contribution is -0.129. The van der Waals surface area contributed by atoms with E-state index in [4.69, 9.17) is 0 Å². The highest BCUT2D eigenvalue weighted by molar-refractivity contribution is 5.77. The van der Waals surface area contributed by atoms with Crippen LogP contribution in [0.3, 0.4) is 0 Å². The summed E-state index contributed by atoms with van der Waals surface area (Å²) in [5, 5.41) is 5.60. The molecule has 2 N–H and O–H groups in total. The molecular weight excluding hydrogens is 330 g/mol. The maximum atomic E-state index is 12.9. The number of carbonyl (C=O) groups excluding carboxylic acids is 1. The molecule has 3 heterocycles. The predicted molar refractivity (Wildman–Crippen MR) is 87.3 cm³/mol. The van der Waals surface area contributed by atoms with Crippen LogP contribution in [-0.4, -0.2) is 65.7 Å². The van der Waals surface area contributed by atoms with Crippen molar-refractivity contribution in [3.63, 3.8) is 0 Å². The molecule has 3 aliphatic rings. The van der Waals surface area contributed by atoms with Gasteiger partial charge in [0.2, 0.25) is 5.91 Å². The number of hydrogen-bond donors (Lipinski definition) is 2. The van der Waals surface area contributed by atoms with Gasteiger partial charge < -0.3 is 10.2 Å². The second-order valence-electron chi connectivity index (χ2n) is 6.88. The molecule has 3 fully saturated rings. The molecule has 1 amide bonds. The van der Waals surface area contributed by atoms with Gasteiger partial charge in [0.15, 0.2) is 0 Å². The third-order valence-electron chi connectivity index (χ3n) is 5.05. The zero-order chi connectivity index (χ0) is 17.4. The van der Waals surface area contributed by atoms with Crippen LogP contribution in [0.15, 0.2) is 12.4 Å². The number of alkyl halides is 2. The Morgan fingerprint density at radius 1 is 1.16 bits per heavy atom. The summed E-state index contributed by atoms with van der Waals surface area (Å²) in [4.78, 5) is 24.6. The lowest BCUT2D eigenvalue weighted by atomic mass is 10.1. The van der Waals surface area contributed by atoms with E-state index in [9.17, 15) is 13.6 Å². The molecule has 25 heavy (non-hydrogen) atoms. The first-order valence-electron chi connectivity index (χ1n) is 8.74. The van der Waals surface area contributed by atoms with Crippen molar-refractivity contribution in [3.8, 4) is 0 Å². The first-order chi connectivity index (χ1) is 12.1. The highest BCUT2D eigenvalue weighted by Crippen LogP contribution is 2.39. The predicted octanol–water partition coefficient (Wildman–Crippen LogP) is 0.503. The van der Waals surface area contributed by atoms with Gasteiger partial charge in [-0.25, -0.2) is 18.7 Å². The largest absolute Gasteiger partial charge is 0.354 e. The van der Waals surface area contributed by atoms with E-state index in [-0.39, 0.29) is 12.3 Å². The molecule has 1 aromatic rings. The molecule has 7 nitrogen and oxygen atoms in total. The summed E-state index contributed by atoms with van der Waals surface area (Å²) in [5.74, 6) is 1.17. The van der Waals surface area contributed by atoms with Crippen LogP contribution in [0, 0.1) is 0 Å². The second-order valence-corrected chi connectivity index (χ2v) is 6.88. The van der Waals surface area contributed by atoms with Crippen LogP contribution in [0.2, 0.25) is 0 Å². The molecule has 2 unspecified atom stereocenters. The SMILES string of the molecule is O=C1CC(C(F)F)NC(N2CCN(c3cc(C4CC4)ncn3)CC2)N1. The van der Waals surface area contributed by atoms with Crippen LogP contribution in [0.5, 0.6) is 0 Å². The quantitative estimate of drug-likeness (QED) is 0.822. The minimum Gasteiger partial charge on any atom is -0.354 e. The highest BCUT2D eigenvalue weighted by Gasteiger charge is 2.35. The van der Waals surface area contributed by atoms with Crippen molar-refractivity contribution in [1.82, 2.24) is 25.5 Å². The summed E-state index contributed by atoms with van der Waals surface area (Å²) in [7, 11) is 0. The van der Waals surface area contributed by atoms with Crippen molar-refractivity contribution in [3.05, 3.63) is 18.1 Å². The topological polar surface area (TPSA) is 73.4 Å². The number of amides is 1. The molecule has 2 saturated heterocycles. The molecule has 0 bridgehead atoms. The fourth-order valence-electron chi connectivity index (χ4n) is 3.42. The number of nitrogens with one attached hydrogen (secondary N) is 2. The molecule has 1 aliphatic carbocycles. The summed E-state index contributed by atoms with van der Waals surface area (Å²) < 4.78 is 25.9. The van der Waals surface area contributed by atoms with Crippen LogP contribution in [0.1, 0.15) is 30.9 Å². The molecule has 1 saturated carbocycles. The zero-order valence-electron chi connectivity index (χ0n) is 13.9. The van der Waals surface area contributed by atoms with Gasteiger partial charge in [0.05, 0.1) is 6.04 Å². The standard InChI is InChI=1S/C16H22F2N6O/c17-15(18)12-8-14(25)22-16(21-12)24-5-3-23(4-6-24)13-7-11(10-1-2-10)19-9-20-13/h7,9-10,12,15-16,21H,1-6,8H2,(H,22,25). The van der Waals surface area contributed by atoms with E-state index in [0.29, 0.717) is 19.0 Å². The van der Waals surface area contributed by atoms with E-state index in [1.807, 2.05) is 4.90 Å². The maximum Gasteiger partial charge on any atom is 0.254 e. The van der Waals surface area contributed by atoms with Crippen LogP contribution in [0.25, 0.3) is 0 Å². The van der Waals surface area contributed by atoms with Crippen molar-refractivity contribution >= 4 is 11.7 Å². The molecule has 2 aliphatic heterocycles. The molecule has 2 atom stereocenters. The Kier molecular flexibility index (Phi) is 4.51. The van der Waals surface area contributed by atoms with Gasteiger partial charge in [0, 0.05) is 50.3 Å². The van der Waals surface area contributed by atoms with Gasteiger partial charge in [0.25, 0.3) is 6.43 Å². The normalized spacial score (nSPS) is 28.3. The third kappa shape index (κ3) is 3.72.